The molecule has 2 aromatic heterocycles. The first-order chi connectivity index (χ1) is 15.7. The van der Waals surface area contributed by atoms with Crippen LogP contribution in [0.2, 0.25) is 0 Å². The zero-order chi connectivity index (χ0) is 22.2. The van der Waals surface area contributed by atoms with E-state index in [-0.39, 0.29) is 11.0 Å². The molecule has 0 saturated heterocycles. The van der Waals surface area contributed by atoms with Crippen molar-refractivity contribution in [3.63, 3.8) is 0 Å². The van der Waals surface area contributed by atoms with Crippen LogP contribution in [0.4, 0.5) is 5.69 Å². The molecular weight excluding hydrogens is 418 g/mol. The number of carbonyl (C=O) groups excluding carboxylic acids is 1. The molecule has 2 heterocycles. The van der Waals surface area contributed by atoms with Crippen LogP contribution in [0, 0.1) is 0 Å². The molecule has 4 rings (SSSR count). The second kappa shape index (κ2) is 10.3. The highest BCUT2D eigenvalue weighted by Gasteiger charge is 2.05. The Morgan fingerprint density at radius 3 is 2.38 bits per heavy atom. The van der Waals surface area contributed by atoms with Gasteiger partial charge in [-0.2, -0.15) is 0 Å². The van der Waals surface area contributed by atoms with Crippen molar-refractivity contribution in [2.24, 2.45) is 0 Å². The number of thiocarbonyl (C=S) groups is 1. The van der Waals surface area contributed by atoms with E-state index in [4.69, 9.17) is 16.6 Å². The Labute approximate surface area is 191 Å². The normalized spacial score (nSPS) is 10.8. The second-order valence-corrected chi connectivity index (χ2v) is 7.48. The zero-order valence-corrected chi connectivity index (χ0v) is 18.0. The van der Waals surface area contributed by atoms with E-state index in [0.717, 1.165) is 23.4 Å². The summed E-state index contributed by atoms with van der Waals surface area (Å²) in [5.74, 6) is 0.993. The van der Waals surface area contributed by atoms with Gasteiger partial charge < -0.3 is 9.73 Å². The number of benzene rings is 2. The van der Waals surface area contributed by atoms with Crippen LogP contribution in [0.3, 0.4) is 0 Å². The van der Waals surface area contributed by atoms with Crippen LogP contribution in [0.1, 0.15) is 16.9 Å². The fourth-order valence-electron chi connectivity index (χ4n) is 3.12. The summed E-state index contributed by atoms with van der Waals surface area (Å²) in [7, 11) is 0. The molecular formula is C26H21N3O2S. The monoisotopic (exact) mass is 439 g/mol. The number of hydrogen-bond donors (Lipinski definition) is 2. The summed E-state index contributed by atoms with van der Waals surface area (Å²) >= 11 is 5.24. The van der Waals surface area contributed by atoms with Crippen molar-refractivity contribution < 1.29 is 9.21 Å². The Morgan fingerprint density at radius 2 is 1.62 bits per heavy atom. The number of amides is 1. The molecule has 0 atom stereocenters. The molecule has 0 fully saturated rings. The minimum absolute atomic E-state index is 0.228. The highest BCUT2D eigenvalue weighted by molar-refractivity contribution is 7.80. The Balaban J connectivity index is 1.27. The van der Waals surface area contributed by atoms with E-state index in [1.807, 2.05) is 78.9 Å². The molecule has 32 heavy (non-hydrogen) atoms. The predicted molar refractivity (Wildman–Crippen MR) is 131 cm³/mol. The fourth-order valence-corrected chi connectivity index (χ4v) is 3.33. The van der Waals surface area contributed by atoms with Crippen LogP contribution in [0.15, 0.2) is 102 Å². The number of furan rings is 1. The molecule has 2 aromatic carbocycles. The first kappa shape index (κ1) is 21.2. The van der Waals surface area contributed by atoms with Crippen molar-refractivity contribution in [3.05, 3.63) is 114 Å². The van der Waals surface area contributed by atoms with E-state index in [1.165, 1.54) is 17.2 Å². The molecule has 158 valence electrons. The van der Waals surface area contributed by atoms with Gasteiger partial charge in [-0.15, -0.1) is 0 Å². The van der Waals surface area contributed by atoms with E-state index < -0.39 is 0 Å². The number of pyridine rings is 1. The lowest BCUT2D eigenvalue weighted by atomic mass is 10.1. The van der Waals surface area contributed by atoms with Gasteiger partial charge in [-0.1, -0.05) is 42.5 Å². The van der Waals surface area contributed by atoms with Crippen molar-refractivity contribution in [3.8, 4) is 11.3 Å². The van der Waals surface area contributed by atoms with Crippen molar-refractivity contribution in [1.29, 1.82) is 0 Å². The highest BCUT2D eigenvalue weighted by atomic mass is 32.1. The SMILES string of the molecule is O=C(/C=C/c1ccc(-c2ccccc2)o1)NC(=S)Nc1ccc(Cc2ccncc2)cc1. The maximum atomic E-state index is 12.2. The number of nitrogens with one attached hydrogen (secondary N) is 2. The van der Waals surface area contributed by atoms with E-state index in [1.54, 1.807) is 18.5 Å². The lowest BCUT2D eigenvalue weighted by Gasteiger charge is -2.09. The summed E-state index contributed by atoms with van der Waals surface area (Å²) in [6.45, 7) is 0. The van der Waals surface area contributed by atoms with Gasteiger partial charge in [0, 0.05) is 29.7 Å². The Hall–Kier alpha value is -4.03. The van der Waals surface area contributed by atoms with E-state index in [9.17, 15) is 4.79 Å². The van der Waals surface area contributed by atoms with Gasteiger partial charge in [-0.05, 0) is 72.2 Å². The van der Waals surface area contributed by atoms with Gasteiger partial charge in [-0.25, -0.2) is 0 Å². The average molecular weight is 440 g/mol. The molecule has 5 nitrogen and oxygen atoms in total. The van der Waals surface area contributed by atoms with Crippen LogP contribution in [0.5, 0.6) is 0 Å². The summed E-state index contributed by atoms with van der Waals surface area (Å²) < 4.78 is 5.76. The summed E-state index contributed by atoms with van der Waals surface area (Å²) in [4.78, 5) is 16.2. The quantitative estimate of drug-likeness (QED) is 0.309. The van der Waals surface area contributed by atoms with Crippen molar-refractivity contribution >= 4 is 35.0 Å². The number of hydrogen-bond acceptors (Lipinski definition) is 4. The number of nitrogens with zero attached hydrogens (tertiary/aromatic N) is 1. The zero-order valence-electron chi connectivity index (χ0n) is 17.2. The van der Waals surface area contributed by atoms with Crippen LogP contribution in [-0.2, 0) is 11.2 Å². The summed E-state index contributed by atoms with van der Waals surface area (Å²) in [6.07, 6.45) is 7.40. The molecule has 0 bridgehead atoms. The van der Waals surface area contributed by atoms with Gasteiger partial charge in [0.2, 0.25) is 5.91 Å². The largest absolute Gasteiger partial charge is 0.457 e. The maximum Gasteiger partial charge on any atom is 0.250 e. The lowest BCUT2D eigenvalue weighted by molar-refractivity contribution is -0.115. The first-order valence-electron chi connectivity index (χ1n) is 10.1. The number of aromatic nitrogens is 1. The summed E-state index contributed by atoms with van der Waals surface area (Å²) in [6, 6.07) is 25.4. The van der Waals surface area contributed by atoms with E-state index in [2.05, 4.69) is 15.6 Å². The van der Waals surface area contributed by atoms with Crippen LogP contribution in [-0.4, -0.2) is 16.0 Å². The standard InChI is InChI=1S/C26H21N3O2S/c30-25(13-11-23-10-12-24(31-23)21-4-2-1-3-5-21)29-26(32)28-22-8-6-19(7-9-22)18-20-14-16-27-17-15-20/h1-17H,18H2,(H2,28,29,30,32)/b13-11+. The van der Waals surface area contributed by atoms with Gasteiger partial charge in [0.25, 0.3) is 0 Å². The average Bonchev–Trinajstić information content (AvgIpc) is 3.29. The molecule has 0 aliphatic rings. The molecule has 0 unspecified atom stereocenters. The molecule has 0 aliphatic heterocycles. The van der Waals surface area contributed by atoms with Crippen LogP contribution >= 0.6 is 12.2 Å². The third-order valence-electron chi connectivity index (χ3n) is 4.69. The molecule has 0 aliphatic carbocycles. The summed E-state index contributed by atoms with van der Waals surface area (Å²) in [5.41, 5.74) is 4.15. The Bertz CT molecular complexity index is 1220. The molecule has 4 aromatic rings. The third-order valence-corrected chi connectivity index (χ3v) is 4.89. The maximum absolute atomic E-state index is 12.2. The third kappa shape index (κ3) is 6.00. The van der Waals surface area contributed by atoms with Gasteiger partial charge in [0.1, 0.15) is 11.5 Å². The molecule has 2 N–H and O–H groups in total. The molecule has 6 heteroatoms. The van der Waals surface area contributed by atoms with Crippen molar-refractivity contribution in [2.45, 2.75) is 6.42 Å². The van der Waals surface area contributed by atoms with Gasteiger partial charge >= 0.3 is 0 Å². The van der Waals surface area contributed by atoms with E-state index >= 15 is 0 Å². The van der Waals surface area contributed by atoms with E-state index in [0.29, 0.717) is 5.76 Å². The topological polar surface area (TPSA) is 67.2 Å². The Morgan fingerprint density at radius 1 is 0.906 bits per heavy atom. The number of anilines is 1. The summed E-state index contributed by atoms with van der Waals surface area (Å²) in [5, 5.41) is 5.89. The molecule has 0 saturated carbocycles. The fraction of sp³-hybridized carbons (Fsp3) is 0.0385. The molecule has 1 amide bonds. The van der Waals surface area contributed by atoms with Crippen LogP contribution < -0.4 is 10.6 Å². The highest BCUT2D eigenvalue weighted by Crippen LogP contribution is 2.22. The minimum atomic E-state index is -0.338. The first-order valence-corrected chi connectivity index (χ1v) is 10.5. The van der Waals surface area contributed by atoms with Crippen molar-refractivity contribution in [2.75, 3.05) is 5.32 Å². The number of rotatable bonds is 6. The smallest absolute Gasteiger partial charge is 0.250 e. The minimum Gasteiger partial charge on any atom is -0.457 e. The molecule has 0 radical (unpaired) electrons. The Kier molecular flexibility index (Phi) is 6.84. The second-order valence-electron chi connectivity index (χ2n) is 7.07. The van der Waals surface area contributed by atoms with Gasteiger partial charge in [-0.3, -0.25) is 15.1 Å². The lowest BCUT2D eigenvalue weighted by Crippen LogP contribution is -2.32. The molecule has 0 spiro atoms. The van der Waals surface area contributed by atoms with Crippen LogP contribution in [0.25, 0.3) is 17.4 Å². The van der Waals surface area contributed by atoms with Gasteiger partial charge in [0.05, 0.1) is 0 Å². The van der Waals surface area contributed by atoms with Crippen molar-refractivity contribution in [1.82, 2.24) is 10.3 Å². The predicted octanol–water partition coefficient (Wildman–Crippen LogP) is 5.46. The van der Waals surface area contributed by atoms with Gasteiger partial charge in [0.15, 0.2) is 5.11 Å². The number of carbonyl (C=O) groups is 1.